The van der Waals surface area contributed by atoms with Crippen molar-refractivity contribution in [2.24, 2.45) is 0 Å². The van der Waals surface area contributed by atoms with Crippen LogP contribution in [-0.2, 0) is 11.3 Å². The molecule has 21 heavy (non-hydrogen) atoms. The smallest absolute Gasteiger partial charge is 0.128 e. The van der Waals surface area contributed by atoms with Crippen LogP contribution in [0.5, 0.6) is 5.75 Å². The zero-order valence-electron chi connectivity index (χ0n) is 11.7. The van der Waals surface area contributed by atoms with Gasteiger partial charge in [-0.05, 0) is 30.3 Å². The average molecular weight is 354 g/mol. The van der Waals surface area contributed by atoms with Gasteiger partial charge in [0.15, 0.2) is 0 Å². The van der Waals surface area contributed by atoms with E-state index in [1.54, 1.807) is 19.2 Å². The first-order chi connectivity index (χ1) is 10.2. The number of rotatable bonds is 7. The van der Waals surface area contributed by atoms with Gasteiger partial charge >= 0.3 is 0 Å². The molecular weight excluding hydrogens is 337 g/mol. The molecule has 0 aliphatic rings. The highest BCUT2D eigenvalue weighted by atomic mass is 79.9. The minimum absolute atomic E-state index is 0.224. The summed E-state index contributed by atoms with van der Waals surface area (Å²) < 4.78 is 25.0. The monoisotopic (exact) mass is 353 g/mol. The summed E-state index contributed by atoms with van der Waals surface area (Å²) in [5, 5.41) is 3.19. The third-order valence-electron chi connectivity index (χ3n) is 2.88. The first kappa shape index (κ1) is 15.8. The van der Waals surface area contributed by atoms with Gasteiger partial charge < -0.3 is 14.8 Å². The summed E-state index contributed by atoms with van der Waals surface area (Å²) in [6, 6.07) is 12.5. The third kappa shape index (κ3) is 5.02. The fourth-order valence-corrected chi connectivity index (χ4v) is 2.22. The van der Waals surface area contributed by atoms with Crippen molar-refractivity contribution in [2.75, 3.05) is 25.6 Å². The first-order valence-electron chi connectivity index (χ1n) is 6.58. The van der Waals surface area contributed by atoms with Crippen LogP contribution in [0.1, 0.15) is 5.56 Å². The van der Waals surface area contributed by atoms with Crippen LogP contribution in [0.15, 0.2) is 46.9 Å². The Morgan fingerprint density at radius 2 is 2.00 bits per heavy atom. The Balaban J connectivity index is 1.96. The molecule has 2 aromatic carbocycles. The van der Waals surface area contributed by atoms with Crippen molar-refractivity contribution in [3.05, 3.63) is 58.3 Å². The molecule has 0 saturated carbocycles. The molecule has 2 aromatic rings. The van der Waals surface area contributed by atoms with E-state index < -0.39 is 0 Å². The molecule has 1 N–H and O–H groups in total. The van der Waals surface area contributed by atoms with E-state index >= 15 is 0 Å². The molecule has 0 aliphatic heterocycles. The molecule has 0 saturated heterocycles. The fraction of sp³-hybridized carbons (Fsp3) is 0.250. The standard InChI is InChI=1S/C16H17BrFNO2/c1-20-7-8-21-15-4-2-3-14(10-15)19-11-12-9-13(17)5-6-16(12)18/h2-6,9-10,19H,7-8,11H2,1H3. The van der Waals surface area contributed by atoms with E-state index in [-0.39, 0.29) is 5.82 Å². The van der Waals surface area contributed by atoms with Crippen LogP contribution in [-0.4, -0.2) is 20.3 Å². The van der Waals surface area contributed by atoms with Crippen LogP contribution in [0.25, 0.3) is 0 Å². The molecule has 0 aromatic heterocycles. The second kappa shape index (κ2) is 8.00. The molecule has 0 bridgehead atoms. The van der Waals surface area contributed by atoms with Crippen LogP contribution >= 0.6 is 15.9 Å². The average Bonchev–Trinajstić information content (AvgIpc) is 2.49. The maximum Gasteiger partial charge on any atom is 0.128 e. The van der Waals surface area contributed by atoms with Gasteiger partial charge in [-0.3, -0.25) is 0 Å². The van der Waals surface area contributed by atoms with E-state index in [0.717, 1.165) is 15.9 Å². The highest BCUT2D eigenvalue weighted by Gasteiger charge is 2.03. The number of anilines is 1. The van der Waals surface area contributed by atoms with Gasteiger partial charge in [-0.2, -0.15) is 0 Å². The summed E-state index contributed by atoms with van der Waals surface area (Å²) in [5.74, 6) is 0.532. The van der Waals surface area contributed by atoms with Crippen LogP contribution in [0.2, 0.25) is 0 Å². The van der Waals surface area contributed by atoms with Crippen molar-refractivity contribution in [2.45, 2.75) is 6.54 Å². The lowest BCUT2D eigenvalue weighted by molar-refractivity contribution is 0.146. The highest BCUT2D eigenvalue weighted by Crippen LogP contribution is 2.20. The van der Waals surface area contributed by atoms with Crippen LogP contribution < -0.4 is 10.1 Å². The molecule has 112 valence electrons. The molecule has 0 amide bonds. The van der Waals surface area contributed by atoms with E-state index in [1.165, 1.54) is 6.07 Å². The molecule has 0 atom stereocenters. The molecule has 5 heteroatoms. The van der Waals surface area contributed by atoms with Crippen LogP contribution in [0.3, 0.4) is 0 Å². The molecular formula is C16H17BrFNO2. The lowest BCUT2D eigenvalue weighted by Crippen LogP contribution is -2.05. The van der Waals surface area contributed by atoms with Crippen molar-refractivity contribution < 1.29 is 13.9 Å². The molecule has 0 radical (unpaired) electrons. The Kier molecular flexibility index (Phi) is 6.02. The summed E-state index contributed by atoms with van der Waals surface area (Å²) in [6.07, 6.45) is 0. The van der Waals surface area contributed by atoms with E-state index in [0.29, 0.717) is 25.3 Å². The molecule has 2 rings (SSSR count). The SMILES string of the molecule is COCCOc1cccc(NCc2cc(Br)ccc2F)c1. The van der Waals surface area contributed by atoms with Crippen molar-refractivity contribution in [1.29, 1.82) is 0 Å². The summed E-state index contributed by atoms with van der Waals surface area (Å²) in [5.41, 5.74) is 1.49. The second-order valence-corrected chi connectivity index (χ2v) is 5.37. The van der Waals surface area contributed by atoms with Gasteiger partial charge in [-0.15, -0.1) is 0 Å². The Labute approximate surface area is 132 Å². The minimum Gasteiger partial charge on any atom is -0.491 e. The Morgan fingerprint density at radius 3 is 2.81 bits per heavy atom. The van der Waals surface area contributed by atoms with Gasteiger partial charge in [-0.1, -0.05) is 22.0 Å². The zero-order chi connectivity index (χ0) is 15.1. The minimum atomic E-state index is -0.224. The first-order valence-corrected chi connectivity index (χ1v) is 7.38. The van der Waals surface area contributed by atoms with Crippen LogP contribution in [0, 0.1) is 5.82 Å². The summed E-state index contributed by atoms with van der Waals surface area (Å²) >= 11 is 3.34. The largest absolute Gasteiger partial charge is 0.491 e. The number of methoxy groups -OCH3 is 1. The predicted molar refractivity (Wildman–Crippen MR) is 85.2 cm³/mol. The number of nitrogens with one attached hydrogen (secondary N) is 1. The van der Waals surface area contributed by atoms with Crippen molar-refractivity contribution in [3.63, 3.8) is 0 Å². The van der Waals surface area contributed by atoms with Gasteiger partial charge in [0.1, 0.15) is 18.2 Å². The number of ether oxygens (including phenoxy) is 2. The number of hydrogen-bond donors (Lipinski definition) is 1. The molecule has 3 nitrogen and oxygen atoms in total. The van der Waals surface area contributed by atoms with Crippen molar-refractivity contribution in [1.82, 2.24) is 0 Å². The van der Waals surface area contributed by atoms with Gasteiger partial charge in [0, 0.05) is 35.4 Å². The summed E-state index contributed by atoms with van der Waals surface area (Å²) in [6.45, 7) is 1.45. The summed E-state index contributed by atoms with van der Waals surface area (Å²) in [4.78, 5) is 0. The van der Waals surface area contributed by atoms with Gasteiger partial charge in [0.05, 0.1) is 6.61 Å². The Hall–Kier alpha value is -1.59. The molecule has 0 spiro atoms. The number of hydrogen-bond acceptors (Lipinski definition) is 3. The molecule has 0 unspecified atom stereocenters. The predicted octanol–water partition coefficient (Wildman–Crippen LogP) is 4.23. The normalized spacial score (nSPS) is 10.4. The third-order valence-corrected chi connectivity index (χ3v) is 3.37. The topological polar surface area (TPSA) is 30.5 Å². The van der Waals surface area contributed by atoms with Gasteiger partial charge in [0.25, 0.3) is 0 Å². The van der Waals surface area contributed by atoms with E-state index in [9.17, 15) is 4.39 Å². The summed E-state index contributed by atoms with van der Waals surface area (Å²) in [7, 11) is 1.63. The molecule has 0 heterocycles. The number of halogens is 2. The van der Waals surface area contributed by atoms with E-state index in [1.807, 2.05) is 24.3 Å². The quantitative estimate of drug-likeness (QED) is 0.755. The van der Waals surface area contributed by atoms with E-state index in [4.69, 9.17) is 9.47 Å². The van der Waals surface area contributed by atoms with Crippen LogP contribution in [0.4, 0.5) is 10.1 Å². The van der Waals surface area contributed by atoms with E-state index in [2.05, 4.69) is 21.2 Å². The zero-order valence-corrected chi connectivity index (χ0v) is 13.3. The maximum absolute atomic E-state index is 13.7. The van der Waals surface area contributed by atoms with Gasteiger partial charge in [-0.25, -0.2) is 4.39 Å². The fourth-order valence-electron chi connectivity index (χ4n) is 1.81. The molecule has 0 aliphatic carbocycles. The maximum atomic E-state index is 13.7. The van der Waals surface area contributed by atoms with Gasteiger partial charge in [0.2, 0.25) is 0 Å². The van der Waals surface area contributed by atoms with Crippen molar-refractivity contribution >= 4 is 21.6 Å². The second-order valence-electron chi connectivity index (χ2n) is 4.46. The number of benzene rings is 2. The lowest BCUT2D eigenvalue weighted by atomic mass is 10.2. The van der Waals surface area contributed by atoms with Crippen molar-refractivity contribution in [3.8, 4) is 5.75 Å². The molecule has 0 fully saturated rings. The lowest BCUT2D eigenvalue weighted by Gasteiger charge is -2.10. The Bertz CT molecular complexity index is 592. The highest BCUT2D eigenvalue weighted by molar-refractivity contribution is 9.10. The Morgan fingerprint density at radius 1 is 1.14 bits per heavy atom.